The van der Waals surface area contributed by atoms with Gasteiger partial charge in [0.2, 0.25) is 0 Å². The second-order valence-electron chi connectivity index (χ2n) is 3.82. The summed E-state index contributed by atoms with van der Waals surface area (Å²) in [6.45, 7) is 0.368. The van der Waals surface area contributed by atoms with Gasteiger partial charge in [-0.1, -0.05) is 47.5 Å². The van der Waals surface area contributed by atoms with Gasteiger partial charge in [-0.3, -0.25) is 0 Å². The van der Waals surface area contributed by atoms with Gasteiger partial charge in [-0.2, -0.15) is 0 Å². The van der Waals surface area contributed by atoms with Crippen molar-refractivity contribution in [2.45, 2.75) is 6.10 Å². The van der Waals surface area contributed by atoms with Crippen LogP contribution in [0.15, 0.2) is 48.5 Å². The minimum atomic E-state index is -0.234. The number of hydrogen-bond acceptors (Lipinski definition) is 2. The fourth-order valence-corrected chi connectivity index (χ4v) is 1.93. The number of hydrogen-bond donors (Lipinski definition) is 1. The first-order chi connectivity index (χ1) is 8.70. The molecule has 2 aromatic rings. The summed E-state index contributed by atoms with van der Waals surface area (Å²) in [6, 6.07) is 14.8. The maximum absolute atomic E-state index is 6.05. The lowest BCUT2D eigenvalue weighted by molar-refractivity contribution is 0.214. The first kappa shape index (κ1) is 13.2. The monoisotopic (exact) mass is 281 g/mol. The van der Waals surface area contributed by atoms with E-state index in [0.717, 1.165) is 5.56 Å². The molecule has 1 unspecified atom stereocenters. The van der Waals surface area contributed by atoms with Crippen LogP contribution in [0.4, 0.5) is 0 Å². The van der Waals surface area contributed by atoms with Gasteiger partial charge in [-0.05, 0) is 29.8 Å². The van der Waals surface area contributed by atoms with E-state index in [2.05, 4.69) is 0 Å². The normalized spacial score (nSPS) is 12.2. The summed E-state index contributed by atoms with van der Waals surface area (Å²) in [5.41, 5.74) is 6.71. The highest BCUT2D eigenvalue weighted by atomic mass is 35.5. The highest BCUT2D eigenvalue weighted by Gasteiger charge is 2.12. The van der Waals surface area contributed by atoms with Crippen molar-refractivity contribution in [3.8, 4) is 5.75 Å². The highest BCUT2D eigenvalue weighted by Crippen LogP contribution is 2.28. The first-order valence-corrected chi connectivity index (χ1v) is 6.33. The molecule has 4 heteroatoms. The quantitative estimate of drug-likeness (QED) is 0.917. The molecule has 0 amide bonds. The minimum Gasteiger partial charge on any atom is -0.483 e. The van der Waals surface area contributed by atoms with Crippen molar-refractivity contribution < 1.29 is 4.74 Å². The Hall–Kier alpha value is -1.22. The summed E-state index contributed by atoms with van der Waals surface area (Å²) >= 11 is 11.9. The zero-order valence-electron chi connectivity index (χ0n) is 9.64. The molecule has 0 fully saturated rings. The molecular weight excluding hydrogens is 269 g/mol. The molecule has 2 aromatic carbocycles. The van der Waals surface area contributed by atoms with E-state index in [1.54, 1.807) is 6.07 Å². The molecule has 2 nitrogen and oxygen atoms in total. The topological polar surface area (TPSA) is 35.2 Å². The van der Waals surface area contributed by atoms with Crippen molar-refractivity contribution in [2.75, 3.05) is 6.54 Å². The average Bonchev–Trinajstić information content (AvgIpc) is 2.39. The third kappa shape index (κ3) is 3.16. The molecule has 18 heavy (non-hydrogen) atoms. The average molecular weight is 282 g/mol. The van der Waals surface area contributed by atoms with Crippen molar-refractivity contribution in [2.24, 2.45) is 5.73 Å². The van der Waals surface area contributed by atoms with Crippen LogP contribution in [0.1, 0.15) is 11.7 Å². The van der Waals surface area contributed by atoms with E-state index in [-0.39, 0.29) is 6.10 Å². The van der Waals surface area contributed by atoms with Gasteiger partial charge in [0.05, 0.1) is 5.02 Å². The van der Waals surface area contributed by atoms with Crippen LogP contribution >= 0.6 is 23.2 Å². The van der Waals surface area contributed by atoms with Gasteiger partial charge in [0.1, 0.15) is 11.9 Å². The van der Waals surface area contributed by atoms with Crippen LogP contribution in [0.25, 0.3) is 0 Å². The Morgan fingerprint density at radius 1 is 1.00 bits per heavy atom. The number of ether oxygens (including phenoxy) is 1. The summed E-state index contributed by atoms with van der Waals surface area (Å²) in [6.07, 6.45) is -0.234. The highest BCUT2D eigenvalue weighted by molar-refractivity contribution is 6.32. The van der Waals surface area contributed by atoms with Crippen molar-refractivity contribution in [3.05, 3.63) is 64.1 Å². The fraction of sp³-hybridized carbons (Fsp3) is 0.143. The molecule has 0 aliphatic carbocycles. The molecule has 2 rings (SSSR count). The summed E-state index contributed by atoms with van der Waals surface area (Å²) < 4.78 is 5.82. The standard InChI is InChI=1S/C14H13Cl2NO/c15-11-7-5-10(6-8-11)14(9-17)18-13-4-2-1-3-12(13)16/h1-8,14H,9,17H2. The van der Waals surface area contributed by atoms with Crippen LogP contribution in [0, 0.1) is 0 Å². The maximum Gasteiger partial charge on any atom is 0.138 e. The van der Waals surface area contributed by atoms with E-state index in [0.29, 0.717) is 22.3 Å². The second kappa shape index (κ2) is 6.10. The van der Waals surface area contributed by atoms with Crippen molar-refractivity contribution in [3.63, 3.8) is 0 Å². The smallest absolute Gasteiger partial charge is 0.138 e. The van der Waals surface area contributed by atoms with E-state index in [1.165, 1.54) is 0 Å². The van der Waals surface area contributed by atoms with Crippen LogP contribution in [0.2, 0.25) is 10.0 Å². The number of rotatable bonds is 4. The molecule has 0 aromatic heterocycles. The lowest BCUT2D eigenvalue weighted by atomic mass is 10.1. The van der Waals surface area contributed by atoms with Gasteiger partial charge in [0, 0.05) is 11.6 Å². The number of benzene rings is 2. The molecule has 0 saturated heterocycles. The van der Waals surface area contributed by atoms with Gasteiger partial charge in [0.25, 0.3) is 0 Å². The molecule has 94 valence electrons. The van der Waals surface area contributed by atoms with E-state index in [9.17, 15) is 0 Å². The lowest BCUT2D eigenvalue weighted by Gasteiger charge is -2.18. The van der Waals surface area contributed by atoms with E-state index in [1.807, 2.05) is 42.5 Å². The Morgan fingerprint density at radius 3 is 2.28 bits per heavy atom. The zero-order chi connectivity index (χ0) is 13.0. The molecule has 0 spiro atoms. The number of nitrogens with two attached hydrogens (primary N) is 1. The van der Waals surface area contributed by atoms with Gasteiger partial charge in [-0.15, -0.1) is 0 Å². The molecule has 0 aliphatic heterocycles. The molecule has 0 heterocycles. The number of para-hydroxylation sites is 1. The molecule has 1 atom stereocenters. The molecular formula is C14H13Cl2NO. The van der Waals surface area contributed by atoms with Crippen molar-refractivity contribution in [1.82, 2.24) is 0 Å². The fourth-order valence-electron chi connectivity index (χ4n) is 1.62. The van der Waals surface area contributed by atoms with Crippen LogP contribution < -0.4 is 10.5 Å². The molecule has 0 saturated carbocycles. The molecule has 2 N–H and O–H groups in total. The molecule has 0 radical (unpaired) electrons. The molecule has 0 bridgehead atoms. The van der Waals surface area contributed by atoms with Crippen LogP contribution in [0.3, 0.4) is 0 Å². The Kier molecular flexibility index (Phi) is 4.48. The Balaban J connectivity index is 2.20. The predicted octanol–water partition coefficient (Wildman–Crippen LogP) is 4.07. The van der Waals surface area contributed by atoms with Gasteiger partial charge >= 0.3 is 0 Å². The minimum absolute atomic E-state index is 0.234. The summed E-state index contributed by atoms with van der Waals surface area (Å²) in [4.78, 5) is 0. The molecule has 0 aliphatic rings. The van der Waals surface area contributed by atoms with E-state index >= 15 is 0 Å². The summed E-state index contributed by atoms with van der Waals surface area (Å²) in [7, 11) is 0. The van der Waals surface area contributed by atoms with Gasteiger partial charge in [0.15, 0.2) is 0 Å². The SMILES string of the molecule is NCC(Oc1ccccc1Cl)c1ccc(Cl)cc1. The third-order valence-electron chi connectivity index (χ3n) is 2.56. The maximum atomic E-state index is 6.05. The zero-order valence-corrected chi connectivity index (χ0v) is 11.2. The van der Waals surface area contributed by atoms with E-state index < -0.39 is 0 Å². The second-order valence-corrected chi connectivity index (χ2v) is 4.67. The Morgan fingerprint density at radius 2 is 1.67 bits per heavy atom. The number of halogens is 2. The largest absolute Gasteiger partial charge is 0.483 e. The third-order valence-corrected chi connectivity index (χ3v) is 3.13. The van der Waals surface area contributed by atoms with E-state index in [4.69, 9.17) is 33.7 Å². The summed E-state index contributed by atoms with van der Waals surface area (Å²) in [5.74, 6) is 0.629. The van der Waals surface area contributed by atoms with Crippen LogP contribution in [-0.2, 0) is 0 Å². The van der Waals surface area contributed by atoms with Crippen LogP contribution in [-0.4, -0.2) is 6.54 Å². The summed E-state index contributed by atoms with van der Waals surface area (Å²) in [5, 5.41) is 1.26. The van der Waals surface area contributed by atoms with Gasteiger partial charge in [-0.25, -0.2) is 0 Å². The first-order valence-electron chi connectivity index (χ1n) is 5.57. The Bertz CT molecular complexity index is 513. The van der Waals surface area contributed by atoms with Crippen LogP contribution in [0.5, 0.6) is 5.75 Å². The van der Waals surface area contributed by atoms with Gasteiger partial charge < -0.3 is 10.5 Å². The lowest BCUT2D eigenvalue weighted by Crippen LogP contribution is -2.18. The van der Waals surface area contributed by atoms with Crippen molar-refractivity contribution in [1.29, 1.82) is 0 Å². The predicted molar refractivity (Wildman–Crippen MR) is 75.3 cm³/mol. The Labute approximate surface area is 116 Å². The van der Waals surface area contributed by atoms with Crippen molar-refractivity contribution >= 4 is 23.2 Å².